The molecule has 9 heteroatoms. The zero-order chi connectivity index (χ0) is 14.6. The van der Waals surface area contributed by atoms with Crippen molar-refractivity contribution in [3.8, 4) is 0 Å². The van der Waals surface area contributed by atoms with Crippen LogP contribution in [0.3, 0.4) is 0 Å². The zero-order valence-corrected chi connectivity index (χ0v) is 14.9. The van der Waals surface area contributed by atoms with Crippen LogP contribution in [0, 0.1) is 0 Å². The SMILES string of the molecule is C=C(C)C(=O)O[SiH2]C(O[Si](C)(C)O)O[Si](C)(C)O. The van der Waals surface area contributed by atoms with Gasteiger partial charge in [0.1, 0.15) is 0 Å². The maximum absolute atomic E-state index is 11.3. The van der Waals surface area contributed by atoms with Crippen LogP contribution in [0.4, 0.5) is 0 Å². The van der Waals surface area contributed by atoms with Crippen molar-refractivity contribution in [1.82, 2.24) is 0 Å². The van der Waals surface area contributed by atoms with Crippen molar-refractivity contribution < 1.29 is 27.7 Å². The average molecular weight is 311 g/mol. The fourth-order valence-electron chi connectivity index (χ4n) is 1.00. The van der Waals surface area contributed by atoms with E-state index in [1.807, 2.05) is 0 Å². The molecule has 0 bridgehead atoms. The van der Waals surface area contributed by atoms with Gasteiger partial charge >= 0.3 is 23.1 Å². The lowest BCUT2D eigenvalue weighted by Gasteiger charge is -2.28. The molecular formula is C9H22O6Si3. The summed E-state index contributed by atoms with van der Waals surface area (Å²) in [6, 6.07) is 0. The third kappa shape index (κ3) is 9.70. The molecule has 0 spiro atoms. The maximum Gasteiger partial charge on any atom is 0.330 e. The van der Waals surface area contributed by atoms with Gasteiger partial charge in [0.05, 0.1) is 0 Å². The van der Waals surface area contributed by atoms with Gasteiger partial charge in [0, 0.05) is 5.57 Å². The molecule has 0 aromatic rings. The van der Waals surface area contributed by atoms with Crippen LogP contribution in [0.5, 0.6) is 0 Å². The van der Waals surface area contributed by atoms with Crippen molar-refractivity contribution in [3.05, 3.63) is 12.2 Å². The van der Waals surface area contributed by atoms with Gasteiger partial charge in [-0.3, -0.25) is 0 Å². The summed E-state index contributed by atoms with van der Waals surface area (Å²) in [5.74, 6) is -1.33. The van der Waals surface area contributed by atoms with Crippen LogP contribution < -0.4 is 0 Å². The maximum atomic E-state index is 11.3. The molecule has 0 aliphatic carbocycles. The summed E-state index contributed by atoms with van der Waals surface area (Å²) in [6.45, 7) is 11.3. The van der Waals surface area contributed by atoms with E-state index in [9.17, 15) is 14.4 Å². The molecule has 0 fully saturated rings. The van der Waals surface area contributed by atoms with Crippen molar-refractivity contribution in [3.63, 3.8) is 0 Å². The Morgan fingerprint density at radius 3 is 1.83 bits per heavy atom. The highest BCUT2D eigenvalue weighted by atomic mass is 28.4. The van der Waals surface area contributed by atoms with E-state index in [2.05, 4.69) is 6.58 Å². The minimum atomic E-state index is -2.81. The first-order chi connectivity index (χ1) is 7.91. The Morgan fingerprint density at radius 2 is 1.56 bits per heavy atom. The molecule has 106 valence electrons. The normalized spacial score (nSPS) is 13.3. The van der Waals surface area contributed by atoms with Crippen LogP contribution in [0.2, 0.25) is 26.2 Å². The molecule has 0 radical (unpaired) electrons. The lowest BCUT2D eigenvalue weighted by molar-refractivity contribution is -0.131. The smallest absolute Gasteiger partial charge is 0.330 e. The molecule has 0 aliphatic rings. The number of rotatable bonds is 7. The summed E-state index contributed by atoms with van der Waals surface area (Å²) < 4.78 is 15.7. The van der Waals surface area contributed by atoms with Gasteiger partial charge in [0.25, 0.3) is 9.76 Å². The summed E-state index contributed by atoms with van der Waals surface area (Å²) in [4.78, 5) is 30.7. The van der Waals surface area contributed by atoms with Crippen LogP contribution in [-0.4, -0.2) is 48.4 Å². The van der Waals surface area contributed by atoms with Gasteiger partial charge in [0.15, 0.2) is 5.91 Å². The first-order valence-electron chi connectivity index (χ1n) is 5.54. The van der Waals surface area contributed by atoms with Gasteiger partial charge in [-0.25, -0.2) is 4.79 Å². The third-order valence-electron chi connectivity index (χ3n) is 1.54. The van der Waals surface area contributed by atoms with Crippen molar-refractivity contribution in [2.75, 3.05) is 0 Å². The van der Waals surface area contributed by atoms with Crippen LogP contribution in [0.25, 0.3) is 0 Å². The first-order valence-corrected chi connectivity index (χ1v) is 12.6. The average Bonchev–Trinajstić information content (AvgIpc) is 2.08. The van der Waals surface area contributed by atoms with Gasteiger partial charge in [-0.2, -0.15) is 0 Å². The molecule has 0 rings (SSSR count). The molecule has 0 atom stereocenters. The van der Waals surface area contributed by atoms with Crippen molar-refractivity contribution >= 4 is 32.9 Å². The molecule has 18 heavy (non-hydrogen) atoms. The third-order valence-corrected chi connectivity index (χ3v) is 4.92. The van der Waals surface area contributed by atoms with Gasteiger partial charge in [-0.15, -0.1) is 0 Å². The molecule has 0 aromatic heterocycles. The van der Waals surface area contributed by atoms with E-state index < -0.39 is 38.8 Å². The van der Waals surface area contributed by atoms with Crippen LogP contribution in [0.1, 0.15) is 6.92 Å². The fraction of sp³-hybridized carbons (Fsp3) is 0.667. The zero-order valence-electron chi connectivity index (χ0n) is 11.5. The quantitative estimate of drug-likeness (QED) is 0.388. The fourth-order valence-corrected chi connectivity index (χ4v) is 6.01. The van der Waals surface area contributed by atoms with Crippen molar-refractivity contribution in [2.24, 2.45) is 0 Å². The number of hydrogen-bond donors (Lipinski definition) is 2. The van der Waals surface area contributed by atoms with E-state index >= 15 is 0 Å². The minimum Gasteiger partial charge on any atom is -0.516 e. The Hall–Kier alpha value is -0.299. The van der Waals surface area contributed by atoms with Gasteiger partial charge in [0.2, 0.25) is 0 Å². The van der Waals surface area contributed by atoms with E-state index in [1.54, 1.807) is 33.1 Å². The molecule has 0 saturated heterocycles. The van der Waals surface area contributed by atoms with Gasteiger partial charge in [-0.1, -0.05) is 6.58 Å². The second-order valence-corrected chi connectivity index (χ2v) is 12.5. The van der Waals surface area contributed by atoms with E-state index in [0.29, 0.717) is 5.57 Å². The van der Waals surface area contributed by atoms with Crippen molar-refractivity contribution in [1.29, 1.82) is 0 Å². The Labute approximate surface area is 112 Å². The van der Waals surface area contributed by atoms with Crippen LogP contribution in [0.15, 0.2) is 12.2 Å². The summed E-state index contributed by atoms with van der Waals surface area (Å²) in [5.41, 5.74) is 0.294. The van der Waals surface area contributed by atoms with Crippen LogP contribution in [-0.2, 0) is 18.1 Å². The number of carbonyl (C=O) groups is 1. The lowest BCUT2D eigenvalue weighted by atomic mass is 10.4. The molecule has 0 unspecified atom stereocenters. The summed E-state index contributed by atoms with van der Waals surface area (Å²) in [6.07, 6.45) is 0. The molecule has 6 nitrogen and oxygen atoms in total. The van der Waals surface area contributed by atoms with Crippen molar-refractivity contribution in [2.45, 2.75) is 39.0 Å². The molecule has 2 N–H and O–H groups in total. The highest BCUT2D eigenvalue weighted by molar-refractivity contribution is 6.65. The summed E-state index contributed by atoms with van der Waals surface area (Å²) in [7, 11) is -7.15. The molecule has 0 aliphatic heterocycles. The van der Waals surface area contributed by atoms with Gasteiger partial charge in [-0.05, 0) is 33.1 Å². The first kappa shape index (κ1) is 17.7. The minimum absolute atomic E-state index is 0.294. The monoisotopic (exact) mass is 310 g/mol. The Bertz CT molecular complexity index is 290. The Morgan fingerprint density at radius 1 is 1.17 bits per heavy atom. The summed E-state index contributed by atoms with van der Waals surface area (Å²) >= 11 is 0. The number of carbonyl (C=O) groups excluding carboxylic acids is 1. The largest absolute Gasteiger partial charge is 0.516 e. The molecule has 0 amide bonds. The lowest BCUT2D eigenvalue weighted by Crippen LogP contribution is -2.46. The predicted molar refractivity (Wildman–Crippen MR) is 74.8 cm³/mol. The molecule has 0 saturated carbocycles. The number of hydrogen-bond acceptors (Lipinski definition) is 6. The second-order valence-electron chi connectivity index (χ2n) is 4.94. The van der Waals surface area contributed by atoms with E-state index in [4.69, 9.17) is 13.3 Å². The predicted octanol–water partition coefficient (Wildman–Crippen LogP) is -0.106. The standard InChI is InChI=1S/C9H22O6Si3/c1-7(2)8(10)13-16-9(14-17(3,4)11)15-18(5,6)12/h9,11-12H,1,16H2,2-6H3. The molecular weight excluding hydrogens is 288 g/mol. The molecule has 0 heterocycles. The highest BCUT2D eigenvalue weighted by Gasteiger charge is 2.32. The van der Waals surface area contributed by atoms with E-state index in [0.717, 1.165) is 0 Å². The summed E-state index contributed by atoms with van der Waals surface area (Å²) in [5, 5.41) is 0. The molecule has 0 aromatic carbocycles. The van der Waals surface area contributed by atoms with E-state index in [-0.39, 0.29) is 0 Å². The topological polar surface area (TPSA) is 85.2 Å². The highest BCUT2D eigenvalue weighted by Crippen LogP contribution is 2.11. The van der Waals surface area contributed by atoms with Crippen LogP contribution >= 0.6 is 0 Å². The van der Waals surface area contributed by atoms with Gasteiger partial charge < -0.3 is 22.9 Å². The Kier molecular flexibility index (Phi) is 6.64. The Balaban J connectivity index is 4.48. The van der Waals surface area contributed by atoms with E-state index in [1.165, 1.54) is 0 Å². The second kappa shape index (κ2) is 6.75.